The first-order chi connectivity index (χ1) is 12.8. The quantitative estimate of drug-likeness (QED) is 0.644. The van der Waals surface area contributed by atoms with Crippen LogP contribution in [0.15, 0.2) is 70.5 Å². The summed E-state index contributed by atoms with van der Waals surface area (Å²) in [4.78, 5) is 22.8. The molecule has 27 heavy (non-hydrogen) atoms. The van der Waals surface area contributed by atoms with E-state index in [9.17, 15) is 23.1 Å². The summed E-state index contributed by atoms with van der Waals surface area (Å²) in [5.74, 6) is -1.77. The molecule has 3 rings (SSSR count). The molecule has 0 amide bonds. The molecule has 1 aromatic heterocycles. The van der Waals surface area contributed by atoms with E-state index in [0.29, 0.717) is 5.69 Å². The van der Waals surface area contributed by atoms with Gasteiger partial charge in [-0.2, -0.15) is 0 Å². The zero-order chi connectivity index (χ0) is 19.6. The van der Waals surface area contributed by atoms with Gasteiger partial charge in [-0.3, -0.25) is 4.57 Å². The second-order valence-corrected chi connectivity index (χ2v) is 7.19. The SMILES string of the molecule is O=C(O)COc1ccc(S(=O)(=O)n2c(O)cn(-c3ccccc3)c2=O)cc1. The fraction of sp³-hybridized carbons (Fsp3) is 0.0588. The maximum atomic E-state index is 12.8. The third-order valence-corrected chi connectivity index (χ3v) is 5.28. The van der Waals surface area contributed by atoms with Crippen LogP contribution in [0.4, 0.5) is 0 Å². The molecular weight excluding hydrogens is 376 g/mol. The lowest BCUT2D eigenvalue weighted by molar-refractivity contribution is -0.139. The lowest BCUT2D eigenvalue weighted by Crippen LogP contribution is -2.28. The van der Waals surface area contributed by atoms with Crippen molar-refractivity contribution in [1.29, 1.82) is 0 Å². The van der Waals surface area contributed by atoms with Crippen molar-refractivity contribution in [2.75, 3.05) is 6.61 Å². The van der Waals surface area contributed by atoms with E-state index in [2.05, 4.69) is 0 Å². The van der Waals surface area contributed by atoms with Crippen molar-refractivity contribution >= 4 is 16.0 Å². The normalized spacial score (nSPS) is 11.3. The van der Waals surface area contributed by atoms with Crippen LogP contribution >= 0.6 is 0 Å². The second-order valence-electron chi connectivity index (χ2n) is 5.40. The van der Waals surface area contributed by atoms with Gasteiger partial charge in [-0.1, -0.05) is 18.2 Å². The first-order valence-electron chi connectivity index (χ1n) is 7.60. The van der Waals surface area contributed by atoms with Gasteiger partial charge in [-0.25, -0.2) is 18.0 Å². The standard InChI is InChI=1S/C17H14N2O7S/c20-15-10-18(12-4-2-1-3-5-12)17(23)19(15)27(24,25)14-8-6-13(7-9-14)26-11-16(21)22/h1-10,20H,11H2,(H,21,22). The Morgan fingerprint density at radius 2 is 1.67 bits per heavy atom. The van der Waals surface area contributed by atoms with Crippen LogP contribution in [0.5, 0.6) is 11.6 Å². The predicted octanol–water partition coefficient (Wildman–Crippen LogP) is 1.05. The second kappa shape index (κ2) is 7.00. The number of carboxylic acids is 1. The number of para-hydroxylation sites is 1. The largest absolute Gasteiger partial charge is 0.493 e. The van der Waals surface area contributed by atoms with Gasteiger partial charge in [0.1, 0.15) is 5.75 Å². The molecule has 10 heteroatoms. The molecule has 0 atom stereocenters. The number of benzene rings is 2. The van der Waals surface area contributed by atoms with E-state index < -0.39 is 34.2 Å². The van der Waals surface area contributed by atoms with E-state index in [-0.39, 0.29) is 14.6 Å². The highest BCUT2D eigenvalue weighted by atomic mass is 32.2. The van der Waals surface area contributed by atoms with Crippen molar-refractivity contribution in [1.82, 2.24) is 8.54 Å². The first kappa shape index (κ1) is 18.3. The number of aromatic hydroxyl groups is 1. The van der Waals surface area contributed by atoms with E-state index in [4.69, 9.17) is 9.84 Å². The molecule has 140 valence electrons. The van der Waals surface area contributed by atoms with Crippen LogP contribution in [0, 0.1) is 0 Å². The summed E-state index contributed by atoms with van der Waals surface area (Å²) < 4.78 is 31.7. The summed E-state index contributed by atoms with van der Waals surface area (Å²) in [6.45, 7) is -0.577. The monoisotopic (exact) mass is 390 g/mol. The summed E-state index contributed by atoms with van der Waals surface area (Å²) in [6, 6.07) is 13.1. The third-order valence-electron chi connectivity index (χ3n) is 3.59. The van der Waals surface area contributed by atoms with E-state index in [1.807, 2.05) is 0 Å². The Hall–Kier alpha value is -3.53. The molecule has 0 unspecified atom stereocenters. The van der Waals surface area contributed by atoms with Crippen LogP contribution in [0.3, 0.4) is 0 Å². The molecule has 0 aliphatic heterocycles. The molecule has 1 heterocycles. The zero-order valence-corrected chi connectivity index (χ0v) is 14.5. The lowest BCUT2D eigenvalue weighted by Gasteiger charge is -2.07. The van der Waals surface area contributed by atoms with Gasteiger partial charge in [-0.15, -0.1) is 3.97 Å². The summed E-state index contributed by atoms with van der Waals surface area (Å²) in [5, 5.41) is 18.6. The van der Waals surface area contributed by atoms with Gasteiger partial charge in [0.2, 0.25) is 5.88 Å². The maximum Gasteiger partial charge on any atom is 0.350 e. The van der Waals surface area contributed by atoms with Crippen LogP contribution in [0.2, 0.25) is 0 Å². The van der Waals surface area contributed by atoms with E-state index in [0.717, 1.165) is 22.9 Å². The van der Waals surface area contributed by atoms with Crippen molar-refractivity contribution in [3.8, 4) is 17.3 Å². The van der Waals surface area contributed by atoms with Crippen LogP contribution in [0.25, 0.3) is 5.69 Å². The number of aromatic nitrogens is 2. The van der Waals surface area contributed by atoms with E-state index in [1.165, 1.54) is 12.1 Å². The third kappa shape index (κ3) is 3.55. The van der Waals surface area contributed by atoms with Crippen molar-refractivity contribution in [2.24, 2.45) is 0 Å². The Morgan fingerprint density at radius 3 is 2.26 bits per heavy atom. The fourth-order valence-electron chi connectivity index (χ4n) is 2.38. The minimum atomic E-state index is -4.37. The van der Waals surface area contributed by atoms with Gasteiger partial charge in [-0.05, 0) is 36.4 Å². The number of aliphatic carboxylic acids is 1. The Bertz CT molecular complexity index is 1130. The number of rotatable bonds is 6. The van der Waals surface area contributed by atoms with Crippen molar-refractivity contribution in [3.63, 3.8) is 0 Å². The van der Waals surface area contributed by atoms with Crippen LogP contribution in [-0.2, 0) is 14.8 Å². The van der Waals surface area contributed by atoms with E-state index >= 15 is 0 Å². The summed E-state index contributed by atoms with van der Waals surface area (Å²) >= 11 is 0. The molecule has 0 bridgehead atoms. The topological polar surface area (TPSA) is 128 Å². The summed E-state index contributed by atoms with van der Waals surface area (Å²) in [7, 11) is -4.37. The number of imidazole rings is 1. The molecule has 2 aromatic carbocycles. The predicted molar refractivity (Wildman–Crippen MR) is 93.9 cm³/mol. The Balaban J connectivity index is 2.00. The average molecular weight is 390 g/mol. The van der Waals surface area contributed by atoms with Gasteiger partial charge in [0, 0.05) is 0 Å². The van der Waals surface area contributed by atoms with Crippen molar-refractivity contribution in [3.05, 3.63) is 71.3 Å². The Morgan fingerprint density at radius 1 is 1.04 bits per heavy atom. The first-order valence-corrected chi connectivity index (χ1v) is 9.04. The molecule has 0 radical (unpaired) electrons. The fourth-order valence-corrected chi connectivity index (χ4v) is 3.65. The number of ether oxygens (including phenoxy) is 1. The molecule has 0 aliphatic carbocycles. The summed E-state index contributed by atoms with van der Waals surface area (Å²) in [5.41, 5.74) is -0.561. The van der Waals surface area contributed by atoms with Gasteiger partial charge in [0.15, 0.2) is 6.61 Å². The van der Waals surface area contributed by atoms with Gasteiger partial charge < -0.3 is 14.9 Å². The highest BCUT2D eigenvalue weighted by Gasteiger charge is 2.25. The van der Waals surface area contributed by atoms with Crippen molar-refractivity contribution < 1.29 is 28.2 Å². The molecule has 2 N–H and O–H groups in total. The van der Waals surface area contributed by atoms with Crippen LogP contribution < -0.4 is 10.4 Å². The van der Waals surface area contributed by atoms with Crippen molar-refractivity contribution in [2.45, 2.75) is 4.90 Å². The number of hydrogen-bond acceptors (Lipinski definition) is 6. The number of nitrogens with zero attached hydrogens (tertiary/aromatic N) is 2. The zero-order valence-electron chi connectivity index (χ0n) is 13.7. The maximum absolute atomic E-state index is 12.8. The molecule has 0 fully saturated rings. The Labute approximate surface area is 153 Å². The number of carboxylic acid groups (broad SMARTS) is 1. The Kier molecular flexibility index (Phi) is 4.74. The molecular formula is C17H14N2O7S. The van der Waals surface area contributed by atoms with Crippen LogP contribution in [-0.4, -0.2) is 39.7 Å². The molecule has 0 aliphatic rings. The molecule has 0 saturated carbocycles. The molecule has 9 nitrogen and oxygen atoms in total. The lowest BCUT2D eigenvalue weighted by atomic mass is 10.3. The number of hydrogen-bond donors (Lipinski definition) is 2. The van der Waals surface area contributed by atoms with Gasteiger partial charge in [0.05, 0.1) is 16.8 Å². The minimum absolute atomic E-state index is 0.148. The average Bonchev–Trinajstić information content (AvgIpc) is 2.96. The highest BCUT2D eigenvalue weighted by Crippen LogP contribution is 2.21. The molecule has 0 saturated heterocycles. The minimum Gasteiger partial charge on any atom is -0.493 e. The smallest absolute Gasteiger partial charge is 0.350 e. The van der Waals surface area contributed by atoms with Gasteiger partial charge in [0.25, 0.3) is 10.0 Å². The molecule has 0 spiro atoms. The summed E-state index contributed by atoms with van der Waals surface area (Å²) in [6.07, 6.45) is 1.01. The van der Waals surface area contributed by atoms with Crippen LogP contribution in [0.1, 0.15) is 0 Å². The highest BCUT2D eigenvalue weighted by molar-refractivity contribution is 7.90. The van der Waals surface area contributed by atoms with E-state index in [1.54, 1.807) is 30.3 Å². The number of carbonyl (C=O) groups is 1. The molecule has 3 aromatic rings. The van der Waals surface area contributed by atoms with Gasteiger partial charge >= 0.3 is 11.7 Å².